The Balaban J connectivity index is 1.60. The first-order chi connectivity index (χ1) is 14.1. The molecule has 0 aliphatic rings. The van der Waals surface area contributed by atoms with E-state index in [4.69, 9.17) is 22.1 Å². The summed E-state index contributed by atoms with van der Waals surface area (Å²) in [6.45, 7) is 0.200. The molecular weight excluding hydrogens is 390 g/mol. The second kappa shape index (κ2) is 8.12. The van der Waals surface area contributed by atoms with Gasteiger partial charge >= 0.3 is 0 Å². The van der Waals surface area contributed by atoms with Crippen molar-refractivity contribution in [2.45, 2.75) is 6.61 Å². The van der Waals surface area contributed by atoms with Gasteiger partial charge in [0.05, 0.1) is 0 Å². The molecule has 0 saturated heterocycles. The number of halogens is 1. The molecule has 0 saturated carbocycles. The first kappa shape index (κ1) is 18.6. The molecule has 7 nitrogen and oxygen atoms in total. The van der Waals surface area contributed by atoms with Gasteiger partial charge in [-0.05, 0) is 48.0 Å². The molecular formula is C21H16ClN5O2. The summed E-state index contributed by atoms with van der Waals surface area (Å²) in [6, 6.07) is 18.3. The lowest BCUT2D eigenvalue weighted by molar-refractivity contribution is 0.0995. The summed E-state index contributed by atoms with van der Waals surface area (Å²) >= 11 is 5.94. The minimum atomic E-state index is -0.588. The fourth-order valence-corrected chi connectivity index (χ4v) is 2.92. The van der Waals surface area contributed by atoms with Crippen molar-refractivity contribution in [3.8, 4) is 5.88 Å². The molecule has 2 aromatic carbocycles. The molecule has 144 valence electrons. The molecule has 0 spiro atoms. The minimum Gasteiger partial charge on any atom is -0.471 e. The average molecular weight is 406 g/mol. The Kier molecular flexibility index (Phi) is 5.22. The van der Waals surface area contributed by atoms with Gasteiger partial charge in [-0.25, -0.2) is 0 Å². The molecule has 1 amide bonds. The van der Waals surface area contributed by atoms with Crippen molar-refractivity contribution in [3.05, 3.63) is 83.1 Å². The van der Waals surface area contributed by atoms with E-state index >= 15 is 0 Å². The predicted molar refractivity (Wildman–Crippen MR) is 111 cm³/mol. The molecule has 0 radical (unpaired) electrons. The molecule has 0 bridgehead atoms. The van der Waals surface area contributed by atoms with Crippen LogP contribution in [0.4, 0.5) is 11.5 Å². The second-order valence-corrected chi connectivity index (χ2v) is 6.67. The van der Waals surface area contributed by atoms with Crippen LogP contribution in [0.5, 0.6) is 5.88 Å². The number of fused-ring (bicyclic) bond motifs is 1. The van der Waals surface area contributed by atoms with Gasteiger partial charge in [0, 0.05) is 27.7 Å². The molecule has 0 aliphatic carbocycles. The Bertz CT molecular complexity index is 1180. The van der Waals surface area contributed by atoms with E-state index in [1.165, 1.54) is 6.20 Å². The molecule has 3 N–H and O–H groups in total. The highest BCUT2D eigenvalue weighted by molar-refractivity contribution is 6.30. The third kappa shape index (κ3) is 4.25. The van der Waals surface area contributed by atoms with Crippen LogP contribution in [0.3, 0.4) is 0 Å². The topological polar surface area (TPSA) is 103 Å². The Morgan fingerprint density at radius 2 is 1.79 bits per heavy atom. The van der Waals surface area contributed by atoms with Crippen molar-refractivity contribution in [2.75, 3.05) is 5.32 Å². The summed E-state index contributed by atoms with van der Waals surface area (Å²) in [5.74, 6) is 0.407. The van der Waals surface area contributed by atoms with E-state index in [-0.39, 0.29) is 12.3 Å². The van der Waals surface area contributed by atoms with Gasteiger partial charge in [0.25, 0.3) is 5.91 Å². The lowest BCUT2D eigenvalue weighted by Gasteiger charge is -2.12. The number of anilines is 2. The number of pyridine rings is 1. The largest absolute Gasteiger partial charge is 0.471 e. The third-order valence-electron chi connectivity index (χ3n) is 4.21. The van der Waals surface area contributed by atoms with Crippen molar-refractivity contribution in [3.63, 3.8) is 0 Å². The first-order valence-corrected chi connectivity index (χ1v) is 9.13. The van der Waals surface area contributed by atoms with Gasteiger partial charge in [-0.2, -0.15) is 0 Å². The quantitative estimate of drug-likeness (QED) is 0.500. The summed E-state index contributed by atoms with van der Waals surface area (Å²) in [5.41, 5.74) is 7.06. The minimum absolute atomic E-state index is 0.185. The highest BCUT2D eigenvalue weighted by Crippen LogP contribution is 2.30. The number of nitrogens with one attached hydrogen (secondary N) is 1. The maximum atomic E-state index is 11.3. The Morgan fingerprint density at radius 3 is 2.55 bits per heavy atom. The summed E-state index contributed by atoms with van der Waals surface area (Å²) in [7, 11) is 0. The van der Waals surface area contributed by atoms with Crippen LogP contribution < -0.4 is 15.8 Å². The zero-order valence-corrected chi connectivity index (χ0v) is 15.9. The van der Waals surface area contributed by atoms with Crippen LogP contribution in [0.15, 0.2) is 66.9 Å². The van der Waals surface area contributed by atoms with Gasteiger partial charge < -0.3 is 15.8 Å². The molecule has 4 aromatic rings. The van der Waals surface area contributed by atoms with Crippen molar-refractivity contribution in [1.29, 1.82) is 0 Å². The predicted octanol–water partition coefficient (Wildman–Crippen LogP) is 4.10. The number of rotatable bonds is 6. The molecule has 0 atom stereocenters. The van der Waals surface area contributed by atoms with Crippen LogP contribution in [0.25, 0.3) is 10.8 Å². The maximum absolute atomic E-state index is 11.3. The standard InChI is InChI=1S/C21H16ClN5O2/c22-14-5-7-15(8-6-14)25-20-16-3-1-2-4-17(16)21(27-26-20)29-12-13-9-10-24-18(11-13)19(23)28/h1-11H,12H2,(H2,23,28)(H,25,26). The molecule has 0 aliphatic heterocycles. The van der Waals surface area contributed by atoms with Gasteiger partial charge in [0.2, 0.25) is 5.88 Å². The molecule has 2 aromatic heterocycles. The Morgan fingerprint density at radius 1 is 1.03 bits per heavy atom. The number of ether oxygens (including phenoxy) is 1. The number of amides is 1. The Hall–Kier alpha value is -3.71. The van der Waals surface area contributed by atoms with Gasteiger partial charge in [-0.3, -0.25) is 9.78 Å². The van der Waals surface area contributed by atoms with Crippen LogP contribution in [0, 0.1) is 0 Å². The molecule has 2 heterocycles. The smallest absolute Gasteiger partial charge is 0.267 e. The first-order valence-electron chi connectivity index (χ1n) is 8.76. The van der Waals surface area contributed by atoms with Crippen LogP contribution in [0.1, 0.15) is 16.1 Å². The van der Waals surface area contributed by atoms with Gasteiger partial charge in [0.15, 0.2) is 5.82 Å². The molecule has 4 rings (SSSR count). The fourth-order valence-electron chi connectivity index (χ4n) is 2.80. The van der Waals surface area contributed by atoms with Gasteiger partial charge in [-0.15, -0.1) is 10.2 Å². The van der Waals surface area contributed by atoms with Crippen LogP contribution in [-0.2, 0) is 6.61 Å². The Labute approximate surface area is 171 Å². The van der Waals surface area contributed by atoms with Crippen molar-refractivity contribution in [1.82, 2.24) is 15.2 Å². The number of hydrogen-bond donors (Lipinski definition) is 2. The summed E-state index contributed by atoms with van der Waals surface area (Å²) in [6.07, 6.45) is 1.52. The zero-order valence-electron chi connectivity index (χ0n) is 15.2. The van der Waals surface area contributed by atoms with E-state index in [9.17, 15) is 4.79 Å². The number of carbonyl (C=O) groups is 1. The normalized spacial score (nSPS) is 10.7. The highest BCUT2D eigenvalue weighted by atomic mass is 35.5. The number of benzene rings is 2. The zero-order chi connectivity index (χ0) is 20.2. The average Bonchev–Trinajstić information content (AvgIpc) is 2.75. The van der Waals surface area contributed by atoms with Crippen molar-refractivity contribution < 1.29 is 9.53 Å². The van der Waals surface area contributed by atoms with E-state index in [0.717, 1.165) is 22.0 Å². The molecule has 0 fully saturated rings. The summed E-state index contributed by atoms with van der Waals surface area (Å²) in [4.78, 5) is 15.2. The van der Waals surface area contributed by atoms with Gasteiger partial charge in [0.1, 0.15) is 12.3 Å². The second-order valence-electron chi connectivity index (χ2n) is 6.23. The van der Waals surface area contributed by atoms with Crippen LogP contribution in [-0.4, -0.2) is 21.1 Å². The van der Waals surface area contributed by atoms with Crippen molar-refractivity contribution in [2.24, 2.45) is 5.73 Å². The van der Waals surface area contributed by atoms with Crippen molar-refractivity contribution >= 4 is 39.8 Å². The number of aromatic nitrogens is 3. The van der Waals surface area contributed by atoms with Crippen LogP contribution in [0.2, 0.25) is 5.02 Å². The van der Waals surface area contributed by atoms with Crippen LogP contribution >= 0.6 is 11.6 Å². The molecule has 0 unspecified atom stereocenters. The van der Waals surface area contributed by atoms with E-state index in [2.05, 4.69) is 20.5 Å². The van der Waals surface area contributed by atoms with E-state index in [1.54, 1.807) is 24.3 Å². The summed E-state index contributed by atoms with van der Waals surface area (Å²) < 4.78 is 5.86. The van der Waals surface area contributed by atoms with E-state index in [0.29, 0.717) is 16.7 Å². The lowest BCUT2D eigenvalue weighted by atomic mass is 10.2. The monoisotopic (exact) mass is 405 g/mol. The lowest BCUT2D eigenvalue weighted by Crippen LogP contribution is -2.13. The fraction of sp³-hybridized carbons (Fsp3) is 0.0476. The van der Waals surface area contributed by atoms with E-state index in [1.807, 2.05) is 36.4 Å². The number of nitrogens with two attached hydrogens (primary N) is 1. The SMILES string of the molecule is NC(=O)c1cc(COc2nnc(Nc3ccc(Cl)cc3)c3ccccc23)ccn1. The number of carbonyl (C=O) groups excluding carboxylic acids is 1. The summed E-state index contributed by atoms with van der Waals surface area (Å²) in [5, 5.41) is 14.1. The highest BCUT2D eigenvalue weighted by Gasteiger charge is 2.11. The molecule has 29 heavy (non-hydrogen) atoms. The number of hydrogen-bond acceptors (Lipinski definition) is 6. The van der Waals surface area contributed by atoms with Gasteiger partial charge in [-0.1, -0.05) is 29.8 Å². The molecule has 8 heteroatoms. The maximum Gasteiger partial charge on any atom is 0.267 e. The van der Waals surface area contributed by atoms with E-state index < -0.39 is 5.91 Å². The number of primary amides is 1. The third-order valence-corrected chi connectivity index (χ3v) is 4.46. The number of nitrogens with zero attached hydrogens (tertiary/aromatic N) is 3.